The highest BCUT2D eigenvalue weighted by Crippen LogP contribution is 2.06. The fourth-order valence-corrected chi connectivity index (χ4v) is 1.80. The zero-order valence-electron chi connectivity index (χ0n) is 11.2. The average Bonchev–Trinajstić information content (AvgIpc) is 2.28. The highest BCUT2D eigenvalue weighted by Gasteiger charge is 2.17. The summed E-state index contributed by atoms with van der Waals surface area (Å²) in [6.45, 7) is 4.73. The van der Waals surface area contributed by atoms with Crippen LogP contribution in [0.25, 0.3) is 0 Å². The minimum absolute atomic E-state index is 0.184. The Morgan fingerprint density at radius 1 is 1.44 bits per heavy atom. The second-order valence-electron chi connectivity index (χ2n) is 4.80. The number of aromatic nitrogens is 2. The first-order chi connectivity index (χ1) is 8.41. The molecule has 6 nitrogen and oxygen atoms in total. The van der Waals surface area contributed by atoms with Crippen molar-refractivity contribution >= 4 is 5.91 Å². The van der Waals surface area contributed by atoms with E-state index in [1.165, 1.54) is 6.20 Å². The molecule has 2 N–H and O–H groups in total. The highest BCUT2D eigenvalue weighted by atomic mass is 16.2. The van der Waals surface area contributed by atoms with E-state index in [-0.39, 0.29) is 23.2 Å². The van der Waals surface area contributed by atoms with Crippen LogP contribution >= 0.6 is 0 Å². The number of nitrogens with one attached hydrogen (secondary N) is 2. The molecule has 6 heteroatoms. The van der Waals surface area contributed by atoms with Crippen LogP contribution in [0.1, 0.15) is 24.3 Å². The van der Waals surface area contributed by atoms with Crippen molar-refractivity contribution in [2.45, 2.75) is 19.9 Å². The summed E-state index contributed by atoms with van der Waals surface area (Å²) in [7, 11) is 3.95. The first-order valence-electron chi connectivity index (χ1n) is 5.90. The number of likely N-dealkylation sites (N-methyl/N-ethyl adjacent to an activating group) is 1. The average molecular weight is 252 g/mol. The SMILES string of the molecule is CC(C)[C@@H](CNC(=O)c1cncc(=O)[nH]1)N(C)C. The Balaban J connectivity index is 2.63. The van der Waals surface area contributed by atoms with Gasteiger partial charge in [0.1, 0.15) is 5.69 Å². The smallest absolute Gasteiger partial charge is 0.269 e. The zero-order valence-corrected chi connectivity index (χ0v) is 11.2. The molecule has 0 spiro atoms. The van der Waals surface area contributed by atoms with Crippen molar-refractivity contribution in [2.24, 2.45) is 5.92 Å². The van der Waals surface area contributed by atoms with Crippen LogP contribution in [-0.2, 0) is 0 Å². The molecule has 0 aromatic carbocycles. The standard InChI is InChI=1S/C12H20N4O2/c1-8(2)10(16(3)4)6-14-12(18)9-5-13-7-11(17)15-9/h5,7-8,10H,6H2,1-4H3,(H,14,18)(H,15,17)/t10-/m1/s1. The van der Waals surface area contributed by atoms with E-state index in [0.717, 1.165) is 6.20 Å². The number of nitrogens with zero attached hydrogens (tertiary/aromatic N) is 2. The Hall–Kier alpha value is -1.69. The summed E-state index contributed by atoms with van der Waals surface area (Å²) in [5, 5.41) is 2.80. The third-order valence-corrected chi connectivity index (χ3v) is 2.80. The topological polar surface area (TPSA) is 78.1 Å². The second kappa shape index (κ2) is 6.30. The van der Waals surface area contributed by atoms with Gasteiger partial charge in [0, 0.05) is 12.6 Å². The molecule has 1 atom stereocenters. The molecular formula is C12H20N4O2. The molecule has 0 radical (unpaired) electrons. The van der Waals surface area contributed by atoms with Crippen LogP contribution in [0.15, 0.2) is 17.2 Å². The Morgan fingerprint density at radius 2 is 2.11 bits per heavy atom. The summed E-state index contributed by atoms with van der Waals surface area (Å²) < 4.78 is 0. The maximum Gasteiger partial charge on any atom is 0.269 e. The van der Waals surface area contributed by atoms with Crippen LogP contribution in [0.5, 0.6) is 0 Å². The molecule has 100 valence electrons. The summed E-state index contributed by atoms with van der Waals surface area (Å²) in [5.74, 6) is 0.112. The van der Waals surface area contributed by atoms with E-state index in [4.69, 9.17) is 0 Å². The molecule has 0 saturated heterocycles. The maximum atomic E-state index is 11.8. The molecule has 0 bridgehead atoms. The maximum absolute atomic E-state index is 11.8. The number of hydrogen-bond acceptors (Lipinski definition) is 4. The number of carbonyl (C=O) groups excluding carboxylic acids is 1. The van der Waals surface area contributed by atoms with Gasteiger partial charge in [0.2, 0.25) is 0 Å². The largest absolute Gasteiger partial charge is 0.349 e. The molecule has 18 heavy (non-hydrogen) atoms. The van der Waals surface area contributed by atoms with E-state index in [1.54, 1.807) is 0 Å². The summed E-state index contributed by atoms with van der Waals surface area (Å²) in [5.41, 5.74) is -0.195. The number of amides is 1. The lowest BCUT2D eigenvalue weighted by molar-refractivity contribution is 0.0929. The van der Waals surface area contributed by atoms with Crippen molar-refractivity contribution in [3.05, 3.63) is 28.4 Å². The molecule has 0 aliphatic rings. The molecule has 1 amide bonds. The second-order valence-corrected chi connectivity index (χ2v) is 4.80. The molecule has 1 heterocycles. The predicted molar refractivity (Wildman–Crippen MR) is 69.5 cm³/mol. The first-order valence-corrected chi connectivity index (χ1v) is 5.90. The van der Waals surface area contributed by atoms with Crippen LogP contribution in [0.3, 0.4) is 0 Å². The molecule has 0 unspecified atom stereocenters. The molecular weight excluding hydrogens is 232 g/mol. The zero-order chi connectivity index (χ0) is 13.7. The number of carbonyl (C=O) groups is 1. The Kier molecular flexibility index (Phi) is 5.03. The lowest BCUT2D eigenvalue weighted by Crippen LogP contribution is -2.43. The van der Waals surface area contributed by atoms with Crippen LogP contribution in [-0.4, -0.2) is 47.5 Å². The first kappa shape index (κ1) is 14.4. The van der Waals surface area contributed by atoms with Gasteiger partial charge in [0.25, 0.3) is 11.5 Å². The third kappa shape index (κ3) is 3.96. The highest BCUT2D eigenvalue weighted by molar-refractivity contribution is 5.91. The van der Waals surface area contributed by atoms with Crippen molar-refractivity contribution in [2.75, 3.05) is 20.6 Å². The fraction of sp³-hybridized carbons (Fsp3) is 0.583. The lowest BCUT2D eigenvalue weighted by Gasteiger charge is -2.27. The third-order valence-electron chi connectivity index (χ3n) is 2.80. The normalized spacial score (nSPS) is 12.8. The van der Waals surface area contributed by atoms with E-state index in [9.17, 15) is 9.59 Å². The van der Waals surface area contributed by atoms with Crippen LogP contribution in [0.2, 0.25) is 0 Å². The minimum atomic E-state index is -0.379. The van der Waals surface area contributed by atoms with Crippen molar-refractivity contribution in [1.29, 1.82) is 0 Å². The van der Waals surface area contributed by atoms with Gasteiger partial charge in [0.05, 0.1) is 12.4 Å². The van der Waals surface area contributed by atoms with Gasteiger partial charge in [0.15, 0.2) is 0 Å². The van der Waals surface area contributed by atoms with E-state index < -0.39 is 0 Å². The Morgan fingerprint density at radius 3 is 2.61 bits per heavy atom. The molecule has 0 aliphatic heterocycles. The van der Waals surface area contributed by atoms with Gasteiger partial charge in [-0.1, -0.05) is 13.8 Å². The monoisotopic (exact) mass is 252 g/mol. The molecule has 1 aromatic rings. The Bertz CT molecular complexity index is 445. The van der Waals surface area contributed by atoms with Crippen molar-refractivity contribution in [3.8, 4) is 0 Å². The number of aromatic amines is 1. The summed E-state index contributed by atoms with van der Waals surface area (Å²) in [4.78, 5) is 31.0. The van der Waals surface area contributed by atoms with Gasteiger partial charge < -0.3 is 15.2 Å². The van der Waals surface area contributed by atoms with Gasteiger partial charge in [-0.3, -0.25) is 14.6 Å². The molecule has 1 aromatic heterocycles. The van der Waals surface area contributed by atoms with Gasteiger partial charge in [-0.2, -0.15) is 0 Å². The van der Waals surface area contributed by atoms with E-state index >= 15 is 0 Å². The van der Waals surface area contributed by atoms with Crippen molar-refractivity contribution < 1.29 is 4.79 Å². The van der Waals surface area contributed by atoms with E-state index in [1.807, 2.05) is 14.1 Å². The summed E-state index contributed by atoms with van der Waals surface area (Å²) in [6.07, 6.45) is 2.48. The molecule has 0 aliphatic carbocycles. The van der Waals surface area contributed by atoms with Crippen LogP contribution in [0.4, 0.5) is 0 Å². The molecule has 1 rings (SSSR count). The minimum Gasteiger partial charge on any atom is -0.349 e. The van der Waals surface area contributed by atoms with Gasteiger partial charge >= 0.3 is 0 Å². The lowest BCUT2D eigenvalue weighted by atomic mass is 10.0. The van der Waals surface area contributed by atoms with Gasteiger partial charge in [-0.15, -0.1) is 0 Å². The Labute approximate surface area is 106 Å². The van der Waals surface area contributed by atoms with Crippen molar-refractivity contribution in [1.82, 2.24) is 20.2 Å². The quantitative estimate of drug-likeness (QED) is 0.778. The predicted octanol–water partition coefficient (Wildman–Crippen LogP) is 0.0859. The molecule has 0 saturated carbocycles. The fourth-order valence-electron chi connectivity index (χ4n) is 1.80. The number of H-pyrrole nitrogens is 1. The number of rotatable bonds is 5. The van der Waals surface area contributed by atoms with Crippen LogP contribution in [0, 0.1) is 5.92 Å². The molecule has 0 fully saturated rings. The van der Waals surface area contributed by atoms with Crippen molar-refractivity contribution in [3.63, 3.8) is 0 Å². The summed E-state index contributed by atoms with van der Waals surface area (Å²) >= 11 is 0. The van der Waals surface area contributed by atoms with E-state index in [2.05, 4.69) is 34.0 Å². The summed E-state index contributed by atoms with van der Waals surface area (Å²) in [6, 6.07) is 0.248. The van der Waals surface area contributed by atoms with Gasteiger partial charge in [-0.05, 0) is 20.0 Å². The number of hydrogen-bond donors (Lipinski definition) is 2. The van der Waals surface area contributed by atoms with E-state index in [0.29, 0.717) is 12.5 Å². The van der Waals surface area contributed by atoms with Gasteiger partial charge in [-0.25, -0.2) is 0 Å². The van der Waals surface area contributed by atoms with Crippen LogP contribution < -0.4 is 10.9 Å².